The zero-order valence-corrected chi connectivity index (χ0v) is 10.9. The lowest BCUT2D eigenvalue weighted by atomic mass is 9.82. The number of nitrogens with zero attached hydrogens (tertiary/aromatic N) is 1. The lowest BCUT2D eigenvalue weighted by Gasteiger charge is -2.27. The highest BCUT2D eigenvalue weighted by Crippen LogP contribution is 2.26. The molecule has 5 heteroatoms. The molecule has 0 amide bonds. The first-order valence-electron chi connectivity index (χ1n) is 5.23. The van der Waals surface area contributed by atoms with E-state index in [0.717, 1.165) is 6.54 Å². The second kappa shape index (κ2) is 4.82. The van der Waals surface area contributed by atoms with Gasteiger partial charge in [0.05, 0.1) is 0 Å². The van der Waals surface area contributed by atoms with Gasteiger partial charge in [0.1, 0.15) is 0 Å². The van der Waals surface area contributed by atoms with Crippen LogP contribution in [0, 0.1) is 11.3 Å². The van der Waals surface area contributed by atoms with Gasteiger partial charge in [-0.25, -0.2) is 9.78 Å². The number of aromatic nitrogens is 1. The van der Waals surface area contributed by atoms with Crippen molar-refractivity contribution in [3.63, 3.8) is 0 Å². The van der Waals surface area contributed by atoms with Crippen molar-refractivity contribution in [1.82, 2.24) is 4.98 Å². The molecule has 90 valence electrons. The summed E-state index contributed by atoms with van der Waals surface area (Å²) in [6.45, 7) is 9.52. The molecule has 0 aliphatic heterocycles. The summed E-state index contributed by atoms with van der Waals surface area (Å²) >= 11 is 1.33. The van der Waals surface area contributed by atoms with E-state index in [2.05, 4.69) is 38.0 Å². The Morgan fingerprint density at radius 2 is 2.25 bits per heavy atom. The predicted molar refractivity (Wildman–Crippen MR) is 66.2 cm³/mol. The van der Waals surface area contributed by atoms with Gasteiger partial charge in [-0.05, 0) is 11.3 Å². The predicted octanol–water partition coefficient (Wildman–Crippen LogP) is 2.94. The number of hydrogen-bond acceptors (Lipinski definition) is 4. The number of carbonyl (C=O) groups is 1. The van der Waals surface area contributed by atoms with Gasteiger partial charge in [0.25, 0.3) is 0 Å². The molecule has 1 aromatic rings. The quantitative estimate of drug-likeness (QED) is 0.852. The standard InChI is InChI=1S/C11H18N2O2S/c1-7(11(2,3)4)5-12-10-13-8(6-16-10)9(14)15/h6-7H,5H2,1-4H3,(H,12,13)(H,14,15). The van der Waals surface area contributed by atoms with E-state index in [9.17, 15) is 4.79 Å². The van der Waals surface area contributed by atoms with E-state index in [1.165, 1.54) is 11.3 Å². The number of anilines is 1. The molecule has 0 saturated carbocycles. The molecule has 16 heavy (non-hydrogen) atoms. The molecule has 0 fully saturated rings. The van der Waals surface area contributed by atoms with Gasteiger partial charge in [-0.1, -0.05) is 27.7 Å². The molecule has 0 saturated heterocycles. The summed E-state index contributed by atoms with van der Waals surface area (Å²) in [7, 11) is 0. The van der Waals surface area contributed by atoms with E-state index in [0.29, 0.717) is 11.0 Å². The van der Waals surface area contributed by atoms with Crippen LogP contribution >= 0.6 is 11.3 Å². The Balaban J connectivity index is 2.52. The first-order valence-corrected chi connectivity index (χ1v) is 6.11. The second-order valence-corrected chi connectivity index (χ2v) is 5.85. The van der Waals surface area contributed by atoms with E-state index in [4.69, 9.17) is 5.11 Å². The van der Waals surface area contributed by atoms with Crippen molar-refractivity contribution >= 4 is 22.4 Å². The van der Waals surface area contributed by atoms with E-state index in [1.807, 2.05) is 0 Å². The molecule has 2 N–H and O–H groups in total. The first-order chi connectivity index (χ1) is 7.30. The third kappa shape index (κ3) is 3.48. The van der Waals surface area contributed by atoms with Gasteiger partial charge in [-0.15, -0.1) is 11.3 Å². The minimum absolute atomic E-state index is 0.107. The molecular weight excluding hydrogens is 224 g/mol. The third-order valence-corrected chi connectivity index (χ3v) is 3.56. The molecule has 1 heterocycles. The van der Waals surface area contributed by atoms with Crippen LogP contribution in [0.25, 0.3) is 0 Å². The Morgan fingerprint density at radius 3 is 2.69 bits per heavy atom. The van der Waals surface area contributed by atoms with E-state index < -0.39 is 5.97 Å². The Hall–Kier alpha value is -1.10. The highest BCUT2D eigenvalue weighted by atomic mass is 32.1. The topological polar surface area (TPSA) is 62.2 Å². The Bertz CT molecular complexity index is 368. The maximum absolute atomic E-state index is 10.6. The van der Waals surface area contributed by atoms with Crippen molar-refractivity contribution < 1.29 is 9.90 Å². The zero-order chi connectivity index (χ0) is 12.3. The zero-order valence-electron chi connectivity index (χ0n) is 10.1. The second-order valence-electron chi connectivity index (χ2n) is 4.99. The van der Waals surface area contributed by atoms with Gasteiger partial charge in [0.15, 0.2) is 10.8 Å². The minimum atomic E-state index is -0.979. The highest BCUT2D eigenvalue weighted by Gasteiger charge is 2.20. The fraction of sp³-hybridized carbons (Fsp3) is 0.636. The molecule has 0 spiro atoms. The van der Waals surface area contributed by atoms with Crippen LogP contribution in [-0.4, -0.2) is 22.6 Å². The first kappa shape index (κ1) is 13.0. The Morgan fingerprint density at radius 1 is 1.62 bits per heavy atom. The van der Waals surface area contributed by atoms with Gasteiger partial charge in [-0.3, -0.25) is 0 Å². The van der Waals surface area contributed by atoms with E-state index in [-0.39, 0.29) is 11.1 Å². The van der Waals surface area contributed by atoms with Gasteiger partial charge in [0, 0.05) is 11.9 Å². The highest BCUT2D eigenvalue weighted by molar-refractivity contribution is 7.13. The Labute approximate surface area is 99.7 Å². The largest absolute Gasteiger partial charge is 0.476 e. The summed E-state index contributed by atoms with van der Waals surface area (Å²) in [4.78, 5) is 14.6. The summed E-state index contributed by atoms with van der Waals surface area (Å²) < 4.78 is 0. The molecule has 0 radical (unpaired) electrons. The smallest absolute Gasteiger partial charge is 0.355 e. The van der Waals surface area contributed by atoms with E-state index in [1.54, 1.807) is 5.38 Å². The number of carboxylic acid groups (broad SMARTS) is 1. The molecule has 0 bridgehead atoms. The summed E-state index contributed by atoms with van der Waals surface area (Å²) in [5, 5.41) is 14.1. The minimum Gasteiger partial charge on any atom is -0.476 e. The number of aromatic carboxylic acids is 1. The molecule has 4 nitrogen and oxygen atoms in total. The number of nitrogens with one attached hydrogen (secondary N) is 1. The van der Waals surface area contributed by atoms with Crippen LogP contribution in [0.5, 0.6) is 0 Å². The van der Waals surface area contributed by atoms with Crippen molar-refractivity contribution in [2.75, 3.05) is 11.9 Å². The van der Waals surface area contributed by atoms with Gasteiger partial charge in [-0.2, -0.15) is 0 Å². The van der Waals surface area contributed by atoms with Gasteiger partial charge >= 0.3 is 5.97 Å². The molecule has 1 atom stereocenters. The number of carboxylic acids is 1. The van der Waals surface area contributed by atoms with Gasteiger partial charge < -0.3 is 10.4 Å². The van der Waals surface area contributed by atoms with Crippen LogP contribution < -0.4 is 5.32 Å². The van der Waals surface area contributed by atoms with Crippen LogP contribution in [0.15, 0.2) is 5.38 Å². The average Bonchev–Trinajstić information content (AvgIpc) is 2.60. The fourth-order valence-corrected chi connectivity index (χ4v) is 1.69. The Kier molecular flexibility index (Phi) is 3.91. The van der Waals surface area contributed by atoms with Crippen molar-refractivity contribution in [2.24, 2.45) is 11.3 Å². The number of hydrogen-bond donors (Lipinski definition) is 2. The summed E-state index contributed by atoms with van der Waals surface area (Å²) in [5.41, 5.74) is 0.343. The van der Waals surface area contributed by atoms with E-state index >= 15 is 0 Å². The maximum atomic E-state index is 10.6. The van der Waals surface area contributed by atoms with Crippen molar-refractivity contribution in [3.8, 4) is 0 Å². The molecule has 1 aromatic heterocycles. The average molecular weight is 242 g/mol. The summed E-state index contributed by atoms with van der Waals surface area (Å²) in [6.07, 6.45) is 0. The van der Waals surface area contributed by atoms with Crippen molar-refractivity contribution in [3.05, 3.63) is 11.1 Å². The molecule has 0 aliphatic rings. The monoisotopic (exact) mass is 242 g/mol. The number of rotatable bonds is 4. The van der Waals surface area contributed by atoms with Crippen LogP contribution in [0.3, 0.4) is 0 Å². The SMILES string of the molecule is CC(CNc1nc(C(=O)O)cs1)C(C)(C)C. The molecule has 1 unspecified atom stereocenters. The molecule has 0 aromatic carbocycles. The van der Waals surface area contributed by atoms with Crippen molar-refractivity contribution in [2.45, 2.75) is 27.7 Å². The maximum Gasteiger partial charge on any atom is 0.355 e. The number of thiazole rings is 1. The summed E-state index contributed by atoms with van der Waals surface area (Å²) in [5.74, 6) is -0.488. The fourth-order valence-electron chi connectivity index (χ4n) is 1.000. The summed E-state index contributed by atoms with van der Waals surface area (Å²) in [6, 6.07) is 0. The third-order valence-electron chi connectivity index (χ3n) is 2.76. The lowest BCUT2D eigenvalue weighted by Crippen LogP contribution is -2.24. The molecular formula is C11H18N2O2S. The van der Waals surface area contributed by atoms with Crippen molar-refractivity contribution in [1.29, 1.82) is 0 Å². The van der Waals surface area contributed by atoms with Crippen LogP contribution in [-0.2, 0) is 0 Å². The van der Waals surface area contributed by atoms with Crippen LogP contribution in [0.2, 0.25) is 0 Å². The van der Waals surface area contributed by atoms with Gasteiger partial charge in [0.2, 0.25) is 0 Å². The van der Waals surface area contributed by atoms with Crippen LogP contribution in [0.1, 0.15) is 38.2 Å². The van der Waals surface area contributed by atoms with Crippen LogP contribution in [0.4, 0.5) is 5.13 Å². The molecule has 1 rings (SSSR count). The lowest BCUT2D eigenvalue weighted by molar-refractivity contribution is 0.0691. The molecule has 0 aliphatic carbocycles. The normalized spacial score (nSPS) is 13.5.